The SMILES string of the molecule is CCCN(C(=O)CO)[C@H](CC)CCc1nc2c(-c3ccc(-c4ncc(C)[nH]4)nc3)cnn2c(N)c1C(C)=O. The molecule has 1 amide bonds. The van der Waals surface area contributed by atoms with Gasteiger partial charge >= 0.3 is 0 Å². The number of anilines is 1. The van der Waals surface area contributed by atoms with Crippen LogP contribution in [0.2, 0.25) is 0 Å². The maximum Gasteiger partial charge on any atom is 0.248 e. The van der Waals surface area contributed by atoms with E-state index < -0.39 is 6.61 Å². The van der Waals surface area contributed by atoms with Crippen molar-refractivity contribution in [3.05, 3.63) is 47.7 Å². The van der Waals surface area contributed by atoms with E-state index in [1.54, 1.807) is 23.5 Å². The molecule has 1 atom stereocenters. The molecule has 0 aliphatic rings. The molecule has 0 aliphatic carbocycles. The number of aliphatic hydroxyl groups excluding tert-OH is 1. The zero-order chi connectivity index (χ0) is 27.4. The van der Waals surface area contributed by atoms with E-state index in [1.165, 1.54) is 11.4 Å². The highest BCUT2D eigenvalue weighted by Crippen LogP contribution is 2.29. The molecule has 4 aromatic heterocycles. The number of nitrogen functional groups attached to an aromatic ring is 1. The molecule has 0 aliphatic heterocycles. The highest BCUT2D eigenvalue weighted by atomic mass is 16.3. The number of carbonyl (C=O) groups is 2. The summed E-state index contributed by atoms with van der Waals surface area (Å²) in [5, 5.41) is 13.9. The zero-order valence-electron chi connectivity index (χ0n) is 22.2. The van der Waals surface area contributed by atoms with Crippen LogP contribution < -0.4 is 5.73 Å². The van der Waals surface area contributed by atoms with E-state index in [2.05, 4.69) is 20.1 Å². The second kappa shape index (κ2) is 11.5. The molecule has 0 unspecified atom stereocenters. The number of aromatic nitrogens is 6. The van der Waals surface area contributed by atoms with Gasteiger partial charge in [-0.25, -0.2) is 9.97 Å². The van der Waals surface area contributed by atoms with Crippen molar-refractivity contribution in [2.24, 2.45) is 0 Å². The number of imidazole rings is 1. The van der Waals surface area contributed by atoms with Gasteiger partial charge in [0.1, 0.15) is 18.1 Å². The van der Waals surface area contributed by atoms with Crippen molar-refractivity contribution in [3.63, 3.8) is 0 Å². The topological polar surface area (TPSA) is 155 Å². The van der Waals surface area contributed by atoms with E-state index >= 15 is 0 Å². The van der Waals surface area contributed by atoms with Crippen LogP contribution >= 0.6 is 0 Å². The molecule has 0 bridgehead atoms. The van der Waals surface area contributed by atoms with Gasteiger partial charge in [-0.1, -0.05) is 19.9 Å². The molecule has 0 saturated carbocycles. The number of pyridine rings is 1. The number of nitrogens with zero attached hydrogens (tertiary/aromatic N) is 6. The summed E-state index contributed by atoms with van der Waals surface area (Å²) in [4.78, 5) is 43.6. The number of Topliss-reactive ketones (excluding diaryl/α,β-unsaturated/α-hetero) is 1. The summed E-state index contributed by atoms with van der Waals surface area (Å²) in [6, 6.07) is 3.70. The minimum Gasteiger partial charge on any atom is -0.387 e. The molecule has 4 N–H and O–H groups in total. The van der Waals surface area contributed by atoms with Crippen LogP contribution in [0.5, 0.6) is 0 Å². The molecule has 200 valence electrons. The molecule has 0 spiro atoms. The summed E-state index contributed by atoms with van der Waals surface area (Å²) < 4.78 is 1.48. The Morgan fingerprint density at radius 2 is 1.97 bits per heavy atom. The summed E-state index contributed by atoms with van der Waals surface area (Å²) in [5.74, 6) is 0.414. The summed E-state index contributed by atoms with van der Waals surface area (Å²) in [6.07, 6.45) is 7.66. The third-order valence-electron chi connectivity index (χ3n) is 6.68. The molecular formula is C27H34N8O3. The lowest BCUT2D eigenvalue weighted by Gasteiger charge is -2.30. The Bertz CT molecular complexity index is 1440. The number of nitrogens with one attached hydrogen (secondary N) is 1. The van der Waals surface area contributed by atoms with E-state index in [9.17, 15) is 14.7 Å². The van der Waals surface area contributed by atoms with Crippen LogP contribution in [0.1, 0.15) is 61.8 Å². The first kappa shape index (κ1) is 26.9. The molecule has 0 saturated heterocycles. The van der Waals surface area contributed by atoms with Crippen LogP contribution in [0.25, 0.3) is 28.3 Å². The Labute approximate surface area is 221 Å². The monoisotopic (exact) mass is 518 g/mol. The smallest absolute Gasteiger partial charge is 0.248 e. The fourth-order valence-electron chi connectivity index (χ4n) is 4.79. The summed E-state index contributed by atoms with van der Waals surface area (Å²) in [5.41, 5.74) is 11.1. The van der Waals surface area contributed by atoms with E-state index in [1.807, 2.05) is 32.9 Å². The summed E-state index contributed by atoms with van der Waals surface area (Å²) >= 11 is 0. The van der Waals surface area contributed by atoms with Gasteiger partial charge in [-0.2, -0.15) is 9.61 Å². The largest absolute Gasteiger partial charge is 0.387 e. The molecule has 4 aromatic rings. The van der Waals surface area contributed by atoms with E-state index in [0.717, 1.165) is 23.2 Å². The highest BCUT2D eigenvalue weighted by molar-refractivity contribution is 6.00. The molecule has 0 fully saturated rings. The van der Waals surface area contributed by atoms with Crippen LogP contribution in [-0.4, -0.2) is 70.4 Å². The fraction of sp³-hybridized carbons (Fsp3) is 0.407. The number of aromatic amines is 1. The Morgan fingerprint density at radius 3 is 2.55 bits per heavy atom. The summed E-state index contributed by atoms with van der Waals surface area (Å²) in [7, 11) is 0. The molecule has 0 radical (unpaired) electrons. The molecule has 0 aromatic carbocycles. The first-order valence-electron chi connectivity index (χ1n) is 12.8. The van der Waals surface area contributed by atoms with Gasteiger partial charge in [0, 0.05) is 41.8 Å². The average molecular weight is 519 g/mol. The Hall–Kier alpha value is -4.12. The van der Waals surface area contributed by atoms with Crippen molar-refractivity contribution >= 4 is 23.2 Å². The molecule has 4 rings (SSSR count). The van der Waals surface area contributed by atoms with Gasteiger partial charge in [0.25, 0.3) is 0 Å². The second-order valence-electron chi connectivity index (χ2n) is 9.36. The third kappa shape index (κ3) is 5.28. The number of amides is 1. The van der Waals surface area contributed by atoms with E-state index in [-0.39, 0.29) is 23.6 Å². The van der Waals surface area contributed by atoms with Gasteiger partial charge in [-0.05, 0) is 45.6 Å². The number of hydrogen-bond donors (Lipinski definition) is 3. The van der Waals surface area contributed by atoms with Crippen LogP contribution in [-0.2, 0) is 11.2 Å². The van der Waals surface area contributed by atoms with Crippen molar-refractivity contribution in [3.8, 4) is 22.6 Å². The van der Waals surface area contributed by atoms with Gasteiger partial charge in [0.15, 0.2) is 17.3 Å². The quantitative estimate of drug-likeness (QED) is 0.256. The molecular weight excluding hydrogens is 484 g/mol. The van der Waals surface area contributed by atoms with Crippen molar-refractivity contribution in [1.82, 2.24) is 34.4 Å². The maximum atomic E-state index is 12.6. The minimum absolute atomic E-state index is 0.0972. The number of aliphatic hydroxyl groups is 1. The number of aryl methyl sites for hydroxylation is 2. The number of rotatable bonds is 11. The van der Waals surface area contributed by atoms with Gasteiger partial charge in [0.05, 0.1) is 17.5 Å². The predicted molar refractivity (Wildman–Crippen MR) is 144 cm³/mol. The van der Waals surface area contributed by atoms with Gasteiger partial charge < -0.3 is 20.7 Å². The van der Waals surface area contributed by atoms with Crippen LogP contribution in [0.15, 0.2) is 30.7 Å². The lowest BCUT2D eigenvalue weighted by Crippen LogP contribution is -2.42. The minimum atomic E-state index is -0.530. The van der Waals surface area contributed by atoms with Crippen molar-refractivity contribution in [2.75, 3.05) is 18.9 Å². The van der Waals surface area contributed by atoms with E-state index in [4.69, 9.17) is 10.7 Å². The number of ketones is 1. The Morgan fingerprint density at radius 1 is 1.18 bits per heavy atom. The molecule has 11 heteroatoms. The van der Waals surface area contributed by atoms with Crippen molar-refractivity contribution < 1.29 is 14.7 Å². The number of carbonyl (C=O) groups excluding carboxylic acids is 2. The Kier molecular flexibility index (Phi) is 8.16. The van der Waals surface area contributed by atoms with Gasteiger partial charge in [-0.15, -0.1) is 0 Å². The fourth-order valence-corrected chi connectivity index (χ4v) is 4.79. The first-order chi connectivity index (χ1) is 18.3. The number of fused-ring (bicyclic) bond motifs is 1. The van der Waals surface area contributed by atoms with Gasteiger partial charge in [-0.3, -0.25) is 14.6 Å². The third-order valence-corrected chi connectivity index (χ3v) is 6.68. The molecule has 11 nitrogen and oxygen atoms in total. The molecule has 4 heterocycles. The standard InChI is InChI=1S/C27H34N8O3/c1-5-11-34(23(38)15-36)19(6-2)8-10-21-24(17(4)37)25(28)35-27(33-21)20(14-31-35)18-7-9-22(29-13-18)26-30-12-16(3)32-26/h7,9,12-14,19,36H,5-6,8,10-11,15,28H2,1-4H3,(H,30,32)/t19-/m1/s1. The lowest BCUT2D eigenvalue weighted by atomic mass is 10.0. The van der Waals surface area contributed by atoms with Crippen molar-refractivity contribution in [1.29, 1.82) is 0 Å². The number of H-pyrrole nitrogens is 1. The normalized spacial score (nSPS) is 12.1. The molecule has 38 heavy (non-hydrogen) atoms. The average Bonchev–Trinajstić information content (AvgIpc) is 3.54. The zero-order valence-corrected chi connectivity index (χ0v) is 22.2. The van der Waals surface area contributed by atoms with Crippen LogP contribution in [0.3, 0.4) is 0 Å². The summed E-state index contributed by atoms with van der Waals surface area (Å²) in [6.45, 7) is 7.41. The van der Waals surface area contributed by atoms with Crippen LogP contribution in [0.4, 0.5) is 5.82 Å². The first-order valence-corrected chi connectivity index (χ1v) is 12.8. The second-order valence-corrected chi connectivity index (χ2v) is 9.36. The van der Waals surface area contributed by atoms with E-state index in [0.29, 0.717) is 54.2 Å². The Balaban J connectivity index is 1.70. The number of nitrogens with two attached hydrogens (primary N) is 1. The predicted octanol–water partition coefficient (Wildman–Crippen LogP) is 3.22. The van der Waals surface area contributed by atoms with Crippen LogP contribution in [0, 0.1) is 6.92 Å². The van der Waals surface area contributed by atoms with Crippen molar-refractivity contribution in [2.45, 2.75) is 59.4 Å². The van der Waals surface area contributed by atoms with Gasteiger partial charge in [0.2, 0.25) is 5.91 Å². The maximum absolute atomic E-state index is 12.6. The highest BCUT2D eigenvalue weighted by Gasteiger charge is 2.24. The lowest BCUT2D eigenvalue weighted by molar-refractivity contribution is -0.136. The number of hydrogen-bond acceptors (Lipinski definition) is 8.